The maximum absolute atomic E-state index is 10.2. The summed E-state index contributed by atoms with van der Waals surface area (Å²) in [6, 6.07) is 9.69. The molecule has 2 aromatic rings. The van der Waals surface area contributed by atoms with Gasteiger partial charge in [-0.15, -0.1) is 23.1 Å². The summed E-state index contributed by atoms with van der Waals surface area (Å²) in [4.78, 5) is 2.03. The molecule has 1 unspecified atom stereocenters. The first kappa shape index (κ1) is 13.4. The lowest BCUT2D eigenvalue weighted by Gasteiger charge is -2.09. The average molecular weight is 350 g/mol. The number of thioether (sulfide) groups is 1. The van der Waals surface area contributed by atoms with Crippen molar-refractivity contribution in [1.29, 1.82) is 0 Å². The zero-order valence-corrected chi connectivity index (χ0v) is 13.0. The highest BCUT2D eigenvalue weighted by molar-refractivity contribution is 9.11. The van der Waals surface area contributed by atoms with Crippen LogP contribution in [0.1, 0.15) is 16.5 Å². The number of aliphatic hydroxyl groups excluding tert-OH is 1. The molecule has 0 fully saturated rings. The van der Waals surface area contributed by atoms with Gasteiger partial charge in [-0.3, -0.25) is 0 Å². The van der Waals surface area contributed by atoms with E-state index in [9.17, 15) is 5.11 Å². The van der Waals surface area contributed by atoms with Crippen molar-refractivity contribution in [3.8, 4) is 0 Å². The molecule has 0 aliphatic carbocycles. The van der Waals surface area contributed by atoms with Gasteiger partial charge in [-0.2, -0.15) is 0 Å². The van der Waals surface area contributed by atoms with E-state index in [4.69, 9.17) is 11.6 Å². The van der Waals surface area contributed by atoms with Gasteiger partial charge >= 0.3 is 0 Å². The van der Waals surface area contributed by atoms with Gasteiger partial charge in [0, 0.05) is 9.77 Å². The Hall–Kier alpha value is -0.000000000000000111. The molecule has 17 heavy (non-hydrogen) atoms. The highest BCUT2D eigenvalue weighted by Gasteiger charge is 2.15. The van der Waals surface area contributed by atoms with Crippen molar-refractivity contribution in [3.05, 3.63) is 49.6 Å². The molecule has 1 N–H and O–H groups in total. The van der Waals surface area contributed by atoms with Crippen molar-refractivity contribution in [2.75, 3.05) is 6.26 Å². The van der Waals surface area contributed by atoms with E-state index in [1.54, 1.807) is 17.8 Å². The van der Waals surface area contributed by atoms with E-state index in [1.807, 2.05) is 30.5 Å². The quantitative estimate of drug-likeness (QED) is 0.790. The number of aliphatic hydroxyl groups is 1. The maximum Gasteiger partial charge on any atom is 0.113 e. The largest absolute Gasteiger partial charge is 0.383 e. The van der Waals surface area contributed by atoms with Gasteiger partial charge in [0.15, 0.2) is 0 Å². The van der Waals surface area contributed by atoms with E-state index in [-0.39, 0.29) is 0 Å². The summed E-state index contributed by atoms with van der Waals surface area (Å²) in [5.74, 6) is 0. The minimum absolute atomic E-state index is 0.611. The van der Waals surface area contributed by atoms with E-state index in [0.29, 0.717) is 5.02 Å². The van der Waals surface area contributed by atoms with Crippen molar-refractivity contribution in [3.63, 3.8) is 0 Å². The van der Waals surface area contributed by atoms with Gasteiger partial charge in [0.2, 0.25) is 0 Å². The number of thiophene rings is 1. The van der Waals surface area contributed by atoms with Crippen molar-refractivity contribution in [2.24, 2.45) is 0 Å². The molecule has 90 valence electrons. The van der Waals surface area contributed by atoms with Gasteiger partial charge in [0.1, 0.15) is 6.10 Å². The number of hydrogen-bond donors (Lipinski definition) is 1. The third kappa shape index (κ3) is 3.06. The first-order chi connectivity index (χ1) is 8.11. The zero-order valence-electron chi connectivity index (χ0n) is 8.98. The second-order valence-corrected chi connectivity index (χ2v) is 7.13. The lowest BCUT2D eigenvalue weighted by molar-refractivity contribution is 0.224. The molecular weight excluding hydrogens is 340 g/mol. The van der Waals surface area contributed by atoms with Crippen molar-refractivity contribution < 1.29 is 5.11 Å². The highest BCUT2D eigenvalue weighted by Crippen LogP contribution is 2.37. The summed E-state index contributed by atoms with van der Waals surface area (Å²) in [7, 11) is 0. The lowest BCUT2D eigenvalue weighted by Crippen LogP contribution is -1.96. The van der Waals surface area contributed by atoms with Crippen LogP contribution in [0.4, 0.5) is 0 Å². The lowest BCUT2D eigenvalue weighted by atomic mass is 10.1. The maximum atomic E-state index is 10.2. The molecule has 2 rings (SSSR count). The van der Waals surface area contributed by atoms with Crippen LogP contribution in [-0.4, -0.2) is 11.4 Å². The van der Waals surface area contributed by atoms with Crippen LogP contribution in [0.5, 0.6) is 0 Å². The molecule has 5 heteroatoms. The fourth-order valence-corrected chi connectivity index (χ4v) is 3.62. The predicted octanol–water partition coefficient (Wildman–Crippen LogP) is 4.97. The van der Waals surface area contributed by atoms with E-state index in [2.05, 4.69) is 15.9 Å². The summed E-state index contributed by atoms with van der Waals surface area (Å²) in [5.41, 5.74) is 0.883. The van der Waals surface area contributed by atoms with Crippen LogP contribution < -0.4 is 0 Å². The van der Waals surface area contributed by atoms with Crippen molar-refractivity contribution >= 4 is 50.6 Å². The van der Waals surface area contributed by atoms with Crippen LogP contribution in [0.25, 0.3) is 0 Å². The Bertz CT molecular complexity index is 490. The molecule has 0 aliphatic heterocycles. The monoisotopic (exact) mass is 348 g/mol. The molecule has 0 aliphatic rings. The van der Waals surface area contributed by atoms with Crippen LogP contribution in [0.2, 0.25) is 5.02 Å². The summed E-state index contributed by atoms with van der Waals surface area (Å²) in [5, 5.41) is 10.9. The fourth-order valence-electron chi connectivity index (χ4n) is 1.45. The summed E-state index contributed by atoms with van der Waals surface area (Å²) in [6.07, 6.45) is 1.42. The Kier molecular flexibility index (Phi) is 4.55. The molecule has 1 aromatic heterocycles. The normalized spacial score (nSPS) is 12.7. The number of halogens is 2. The Morgan fingerprint density at radius 1 is 1.35 bits per heavy atom. The summed E-state index contributed by atoms with van der Waals surface area (Å²) < 4.78 is 0.856. The van der Waals surface area contributed by atoms with E-state index in [0.717, 1.165) is 14.2 Å². The molecule has 0 bridgehead atoms. The average Bonchev–Trinajstić information content (AvgIpc) is 2.69. The number of rotatable bonds is 3. The summed E-state index contributed by atoms with van der Waals surface area (Å²) >= 11 is 12.5. The minimum atomic E-state index is -0.611. The van der Waals surface area contributed by atoms with Crippen LogP contribution in [0.3, 0.4) is 0 Å². The Labute approximate surface area is 122 Å². The van der Waals surface area contributed by atoms with Gasteiger partial charge in [0.05, 0.1) is 8.81 Å². The van der Waals surface area contributed by atoms with Crippen molar-refractivity contribution in [1.82, 2.24) is 0 Å². The first-order valence-electron chi connectivity index (χ1n) is 4.88. The first-order valence-corrected chi connectivity index (χ1v) is 8.10. The van der Waals surface area contributed by atoms with Crippen molar-refractivity contribution in [2.45, 2.75) is 11.0 Å². The van der Waals surface area contributed by atoms with Crippen LogP contribution in [-0.2, 0) is 0 Å². The van der Waals surface area contributed by atoms with E-state index in [1.165, 1.54) is 16.2 Å². The second kappa shape index (κ2) is 5.76. The molecule has 0 spiro atoms. The highest BCUT2D eigenvalue weighted by atomic mass is 79.9. The van der Waals surface area contributed by atoms with E-state index >= 15 is 0 Å². The van der Waals surface area contributed by atoms with Gasteiger partial charge in [-0.25, -0.2) is 0 Å². The van der Waals surface area contributed by atoms with Gasteiger partial charge in [0.25, 0.3) is 0 Å². The molecule has 1 atom stereocenters. The molecule has 1 heterocycles. The standard InChI is InChI=1S/C12H10BrClOS2/c1-16-8-4-2-7(3-5-8)11(15)10-6-9(14)12(13)17-10/h2-6,11,15H,1H3. The van der Waals surface area contributed by atoms with Gasteiger partial charge in [-0.1, -0.05) is 23.7 Å². The molecule has 0 saturated heterocycles. The Morgan fingerprint density at radius 2 is 2.00 bits per heavy atom. The Balaban J connectivity index is 2.26. The molecule has 1 nitrogen and oxygen atoms in total. The Morgan fingerprint density at radius 3 is 2.47 bits per heavy atom. The molecule has 0 amide bonds. The number of benzene rings is 1. The molecular formula is C12H10BrClOS2. The summed E-state index contributed by atoms with van der Waals surface area (Å²) in [6.45, 7) is 0. The van der Waals surface area contributed by atoms with Crippen LogP contribution in [0, 0.1) is 0 Å². The third-order valence-electron chi connectivity index (χ3n) is 2.37. The third-order valence-corrected chi connectivity index (χ3v) is 5.64. The van der Waals surface area contributed by atoms with Crippen LogP contribution >= 0.6 is 50.6 Å². The molecule has 0 radical (unpaired) electrons. The second-order valence-electron chi connectivity index (χ2n) is 3.45. The fraction of sp³-hybridized carbons (Fsp3) is 0.167. The van der Waals surface area contributed by atoms with E-state index < -0.39 is 6.10 Å². The molecule has 1 aromatic carbocycles. The van der Waals surface area contributed by atoms with Gasteiger partial charge in [-0.05, 0) is 45.9 Å². The predicted molar refractivity (Wildman–Crippen MR) is 79.3 cm³/mol. The van der Waals surface area contributed by atoms with Crippen LogP contribution in [0.15, 0.2) is 39.0 Å². The smallest absolute Gasteiger partial charge is 0.113 e. The zero-order chi connectivity index (χ0) is 12.4. The number of hydrogen-bond acceptors (Lipinski definition) is 3. The van der Waals surface area contributed by atoms with Gasteiger partial charge < -0.3 is 5.11 Å². The minimum Gasteiger partial charge on any atom is -0.383 e. The molecule has 0 saturated carbocycles. The SMILES string of the molecule is CSc1ccc(C(O)c2cc(Cl)c(Br)s2)cc1. The topological polar surface area (TPSA) is 20.2 Å².